The van der Waals surface area contributed by atoms with Crippen LogP contribution in [0.4, 0.5) is 4.39 Å². The van der Waals surface area contributed by atoms with Crippen LogP contribution in [0, 0.1) is 12.7 Å². The number of hydrogen-bond acceptors (Lipinski definition) is 8. The number of fused-ring (bicyclic) bond motifs is 1. The first kappa shape index (κ1) is 23.0. The number of nitrogens with zero attached hydrogens (tertiary/aromatic N) is 6. The van der Waals surface area contributed by atoms with Gasteiger partial charge in [0.15, 0.2) is 0 Å². The van der Waals surface area contributed by atoms with Gasteiger partial charge in [0.25, 0.3) is 5.56 Å². The predicted octanol–water partition coefficient (Wildman–Crippen LogP) is 2.52. The van der Waals surface area contributed by atoms with E-state index in [1.54, 1.807) is 30.4 Å². The van der Waals surface area contributed by atoms with Crippen molar-refractivity contribution in [2.75, 3.05) is 27.3 Å². The first-order valence-electron chi connectivity index (χ1n) is 11.0. The van der Waals surface area contributed by atoms with Gasteiger partial charge in [-0.3, -0.25) is 9.59 Å². The van der Waals surface area contributed by atoms with E-state index in [9.17, 15) is 14.0 Å². The number of thiophene rings is 1. The van der Waals surface area contributed by atoms with E-state index in [4.69, 9.17) is 9.47 Å². The number of methoxy groups -OCH3 is 1. The van der Waals surface area contributed by atoms with Gasteiger partial charge in [-0.05, 0) is 31.5 Å². The Morgan fingerprint density at radius 1 is 1.23 bits per heavy atom. The van der Waals surface area contributed by atoms with Gasteiger partial charge in [0.2, 0.25) is 5.91 Å². The molecule has 0 spiro atoms. The van der Waals surface area contributed by atoms with Gasteiger partial charge in [-0.15, -0.1) is 4.80 Å². The summed E-state index contributed by atoms with van der Waals surface area (Å²) in [7, 11) is 3.21. The summed E-state index contributed by atoms with van der Waals surface area (Å²) in [6.45, 7) is 2.44. The number of aryl methyl sites for hydroxylation is 1. The molecule has 5 rings (SSSR count). The molecule has 0 saturated carbocycles. The summed E-state index contributed by atoms with van der Waals surface area (Å²) in [4.78, 5) is 34.7. The van der Waals surface area contributed by atoms with Crippen LogP contribution in [0.1, 0.15) is 23.6 Å². The maximum absolute atomic E-state index is 13.8. The Balaban J connectivity index is 1.56. The van der Waals surface area contributed by atoms with Crippen LogP contribution < -0.4 is 15.0 Å². The summed E-state index contributed by atoms with van der Waals surface area (Å²) in [5.41, 5.74) is 0.953. The third-order valence-electron chi connectivity index (χ3n) is 6.10. The summed E-state index contributed by atoms with van der Waals surface area (Å²) in [6.07, 6.45) is 3.89. The quantitative estimate of drug-likeness (QED) is 0.386. The van der Waals surface area contributed by atoms with Crippen molar-refractivity contribution < 1.29 is 18.7 Å². The highest BCUT2D eigenvalue weighted by atomic mass is 32.1. The van der Waals surface area contributed by atoms with E-state index < -0.39 is 6.04 Å². The molecule has 0 N–H and O–H groups in total. The van der Waals surface area contributed by atoms with Gasteiger partial charge in [0, 0.05) is 31.1 Å². The molecule has 1 atom stereocenters. The lowest BCUT2D eigenvalue weighted by atomic mass is 10.1. The minimum absolute atomic E-state index is 0.0488. The van der Waals surface area contributed by atoms with Gasteiger partial charge < -0.3 is 14.4 Å². The first-order valence-corrected chi connectivity index (χ1v) is 11.8. The van der Waals surface area contributed by atoms with Crippen molar-refractivity contribution in [3.8, 4) is 16.8 Å². The average molecular weight is 499 g/mol. The van der Waals surface area contributed by atoms with Crippen LogP contribution in [-0.4, -0.2) is 62.7 Å². The van der Waals surface area contributed by atoms with Gasteiger partial charge in [-0.2, -0.15) is 15.2 Å². The molecule has 35 heavy (non-hydrogen) atoms. The van der Waals surface area contributed by atoms with Gasteiger partial charge in [-0.1, -0.05) is 11.3 Å². The van der Waals surface area contributed by atoms with Gasteiger partial charge >= 0.3 is 6.01 Å². The molecule has 1 saturated heterocycles. The summed E-state index contributed by atoms with van der Waals surface area (Å²) in [6, 6.07) is 3.59. The molecule has 1 aromatic carbocycles. The molecule has 12 heteroatoms. The largest absolute Gasteiger partial charge is 0.496 e. The Kier molecular flexibility index (Phi) is 5.97. The van der Waals surface area contributed by atoms with Crippen molar-refractivity contribution in [1.82, 2.24) is 29.4 Å². The maximum Gasteiger partial charge on any atom is 0.301 e. The lowest BCUT2D eigenvalue weighted by Gasteiger charge is -2.18. The second kappa shape index (κ2) is 9.10. The zero-order chi connectivity index (χ0) is 24.7. The number of likely N-dealkylation sites (tertiary alicyclic amines) is 1. The fourth-order valence-corrected chi connectivity index (χ4v) is 5.37. The standard InChI is InChI=1S/C23H23FN6O4S/c1-13-18-19(35-22(13)30-25-8-9-26-30)27-23(29(21(18)32)16-6-10-28(2)20(16)31)34-11-7-14-12-15(24)4-5-17(14)33-3/h4-5,8-9,12,16H,6-7,10-11H2,1-3H3/t16-/m0/s1. The molecule has 0 aliphatic carbocycles. The normalized spacial score (nSPS) is 15.8. The third kappa shape index (κ3) is 4.03. The van der Waals surface area contributed by atoms with E-state index in [2.05, 4.69) is 15.2 Å². The monoisotopic (exact) mass is 498 g/mol. The molecule has 3 aromatic heterocycles. The number of amides is 1. The second-order valence-corrected chi connectivity index (χ2v) is 9.20. The zero-order valence-corrected chi connectivity index (χ0v) is 20.2. The van der Waals surface area contributed by atoms with E-state index in [1.165, 1.54) is 39.9 Å². The first-order chi connectivity index (χ1) is 16.9. The lowest BCUT2D eigenvalue weighted by Crippen LogP contribution is -2.33. The Morgan fingerprint density at radius 2 is 2.00 bits per heavy atom. The van der Waals surface area contributed by atoms with E-state index in [0.717, 1.165) is 0 Å². The number of halogens is 1. The lowest BCUT2D eigenvalue weighted by molar-refractivity contribution is -0.129. The number of ether oxygens (including phenoxy) is 2. The smallest absolute Gasteiger partial charge is 0.301 e. The number of carbonyl (C=O) groups excluding carboxylic acids is 1. The van der Waals surface area contributed by atoms with E-state index in [1.807, 2.05) is 6.92 Å². The molecule has 0 bridgehead atoms. The van der Waals surface area contributed by atoms with Crippen LogP contribution in [0.2, 0.25) is 0 Å². The Morgan fingerprint density at radius 3 is 2.69 bits per heavy atom. The molecular weight excluding hydrogens is 475 g/mol. The summed E-state index contributed by atoms with van der Waals surface area (Å²) >= 11 is 1.27. The number of hydrogen-bond donors (Lipinski definition) is 0. The van der Waals surface area contributed by atoms with Crippen LogP contribution in [0.5, 0.6) is 11.8 Å². The SMILES string of the molecule is COc1ccc(F)cc1CCOc1nc2sc(-n3nccn3)c(C)c2c(=O)n1[C@H]1CCN(C)C1=O. The Labute approximate surface area is 203 Å². The number of aromatic nitrogens is 5. The van der Waals surface area contributed by atoms with Crippen LogP contribution in [0.3, 0.4) is 0 Å². The van der Waals surface area contributed by atoms with Crippen LogP contribution >= 0.6 is 11.3 Å². The van der Waals surface area contributed by atoms with Crippen LogP contribution in [0.15, 0.2) is 35.4 Å². The fourth-order valence-electron chi connectivity index (χ4n) is 4.29. The molecule has 4 aromatic rings. The highest BCUT2D eigenvalue weighted by Gasteiger charge is 2.35. The maximum atomic E-state index is 13.8. The molecule has 0 unspecified atom stereocenters. The van der Waals surface area contributed by atoms with Crippen molar-refractivity contribution >= 4 is 27.5 Å². The molecule has 1 aliphatic rings. The third-order valence-corrected chi connectivity index (χ3v) is 7.25. The number of benzene rings is 1. The van der Waals surface area contributed by atoms with Crippen molar-refractivity contribution in [3.63, 3.8) is 0 Å². The second-order valence-electron chi connectivity index (χ2n) is 8.22. The van der Waals surface area contributed by atoms with Crippen molar-refractivity contribution in [2.24, 2.45) is 0 Å². The van der Waals surface area contributed by atoms with Gasteiger partial charge in [-0.25, -0.2) is 8.96 Å². The molecule has 1 aliphatic heterocycles. The Bertz CT molecular complexity index is 1470. The Hall–Kier alpha value is -3.80. The summed E-state index contributed by atoms with van der Waals surface area (Å²) in [5, 5.41) is 9.41. The predicted molar refractivity (Wildman–Crippen MR) is 127 cm³/mol. The van der Waals surface area contributed by atoms with E-state index in [0.29, 0.717) is 51.5 Å². The summed E-state index contributed by atoms with van der Waals surface area (Å²) in [5.74, 6) is -0.0222. The van der Waals surface area contributed by atoms with Crippen LogP contribution in [0.25, 0.3) is 15.2 Å². The molecule has 1 amide bonds. The number of likely N-dealkylation sites (N-methyl/N-ethyl adjacent to an activating group) is 1. The molecular formula is C23H23FN6O4S. The topological polar surface area (TPSA) is 104 Å². The van der Waals surface area contributed by atoms with E-state index >= 15 is 0 Å². The minimum atomic E-state index is -0.714. The van der Waals surface area contributed by atoms with Crippen molar-refractivity contribution in [2.45, 2.75) is 25.8 Å². The molecule has 182 valence electrons. The number of rotatable bonds is 7. The molecule has 4 heterocycles. The van der Waals surface area contributed by atoms with Crippen molar-refractivity contribution in [1.29, 1.82) is 0 Å². The average Bonchev–Trinajstić information content (AvgIpc) is 3.55. The highest BCUT2D eigenvalue weighted by molar-refractivity contribution is 7.21. The van der Waals surface area contributed by atoms with Gasteiger partial charge in [0.05, 0.1) is 31.5 Å². The molecule has 10 nitrogen and oxygen atoms in total. The highest BCUT2D eigenvalue weighted by Crippen LogP contribution is 2.33. The summed E-state index contributed by atoms with van der Waals surface area (Å²) < 4.78 is 26.4. The van der Waals surface area contributed by atoms with Gasteiger partial charge in [0.1, 0.15) is 27.4 Å². The van der Waals surface area contributed by atoms with E-state index in [-0.39, 0.29) is 29.9 Å². The molecule has 1 fully saturated rings. The zero-order valence-electron chi connectivity index (χ0n) is 19.4. The number of carbonyl (C=O) groups is 1. The molecule has 0 radical (unpaired) electrons. The van der Waals surface area contributed by atoms with Crippen LogP contribution in [-0.2, 0) is 11.2 Å². The van der Waals surface area contributed by atoms with Crippen molar-refractivity contribution in [3.05, 3.63) is 57.9 Å². The fraction of sp³-hybridized carbons (Fsp3) is 0.348. The minimum Gasteiger partial charge on any atom is -0.496 e.